The van der Waals surface area contributed by atoms with Crippen LogP contribution < -0.4 is 9.47 Å². The number of hydrogen-bond acceptors (Lipinski definition) is 5. The number of thiazole rings is 1. The van der Waals surface area contributed by atoms with Crippen LogP contribution in [-0.2, 0) is 23.1 Å². The smallest absolute Gasteiger partial charge is 0.303 e. The summed E-state index contributed by atoms with van der Waals surface area (Å²) in [5.41, 5.74) is 6.15. The summed E-state index contributed by atoms with van der Waals surface area (Å²) in [5.74, 6) is 1.46. The van der Waals surface area contributed by atoms with Crippen LogP contribution >= 0.6 is 11.3 Å². The van der Waals surface area contributed by atoms with Crippen LogP contribution in [0.1, 0.15) is 88.1 Å². The first-order valence-corrected chi connectivity index (χ1v) is 14.3. The van der Waals surface area contributed by atoms with Crippen molar-refractivity contribution in [1.82, 2.24) is 4.98 Å². The highest BCUT2D eigenvalue weighted by Gasteiger charge is 2.23. The highest BCUT2D eigenvalue weighted by molar-refractivity contribution is 7.13. The van der Waals surface area contributed by atoms with Crippen molar-refractivity contribution in [2.24, 2.45) is 0 Å². The Morgan fingerprint density at radius 2 is 1.95 bits per heavy atom. The normalized spacial score (nSPS) is 15.0. The molecular formula is C31H39NO4S. The second-order valence-electron chi connectivity index (χ2n) is 10.9. The summed E-state index contributed by atoms with van der Waals surface area (Å²) < 4.78 is 12.2. The van der Waals surface area contributed by atoms with Crippen molar-refractivity contribution in [2.75, 3.05) is 13.2 Å². The number of carboxylic acids is 1. The third-order valence-electron chi connectivity index (χ3n) is 6.94. The maximum absolute atomic E-state index is 10.9. The molecule has 0 aliphatic heterocycles. The molecule has 4 rings (SSSR count). The van der Waals surface area contributed by atoms with Crippen LogP contribution in [0, 0.1) is 0 Å². The molecule has 1 aromatic heterocycles. The highest BCUT2D eigenvalue weighted by atomic mass is 32.1. The van der Waals surface area contributed by atoms with E-state index in [1.165, 1.54) is 16.7 Å². The van der Waals surface area contributed by atoms with E-state index >= 15 is 0 Å². The molecule has 37 heavy (non-hydrogen) atoms. The number of benzene rings is 2. The minimum Gasteiger partial charge on any atom is -0.493 e. The molecule has 0 radical (unpaired) electrons. The number of ether oxygens (including phenoxy) is 2. The van der Waals surface area contributed by atoms with E-state index in [1.807, 2.05) is 6.07 Å². The van der Waals surface area contributed by atoms with Gasteiger partial charge in [0.15, 0.2) is 0 Å². The van der Waals surface area contributed by atoms with Gasteiger partial charge in [0.1, 0.15) is 16.5 Å². The van der Waals surface area contributed by atoms with E-state index in [0.29, 0.717) is 25.6 Å². The molecule has 0 saturated heterocycles. The molecule has 0 spiro atoms. The molecule has 2 aromatic carbocycles. The van der Waals surface area contributed by atoms with Crippen LogP contribution in [0.25, 0.3) is 10.6 Å². The van der Waals surface area contributed by atoms with Crippen molar-refractivity contribution < 1.29 is 19.4 Å². The zero-order valence-electron chi connectivity index (χ0n) is 22.5. The van der Waals surface area contributed by atoms with Gasteiger partial charge in [0.05, 0.1) is 18.9 Å². The minimum absolute atomic E-state index is 0.0519. The van der Waals surface area contributed by atoms with Gasteiger partial charge in [0.2, 0.25) is 0 Å². The summed E-state index contributed by atoms with van der Waals surface area (Å²) in [6, 6.07) is 12.7. The van der Waals surface area contributed by atoms with E-state index in [2.05, 4.69) is 63.4 Å². The van der Waals surface area contributed by atoms with Gasteiger partial charge in [0, 0.05) is 29.2 Å². The Balaban J connectivity index is 1.29. The highest BCUT2D eigenvalue weighted by Crippen LogP contribution is 2.38. The molecule has 3 aromatic rings. The molecule has 1 N–H and O–H groups in total. The lowest BCUT2D eigenvalue weighted by Gasteiger charge is -2.15. The number of fused-ring (bicyclic) bond motifs is 1. The Morgan fingerprint density at radius 1 is 1.14 bits per heavy atom. The lowest BCUT2D eigenvalue weighted by atomic mass is 9.93. The number of aliphatic carboxylic acids is 1. The quantitative estimate of drug-likeness (QED) is 0.246. The molecular weight excluding hydrogens is 482 g/mol. The van der Waals surface area contributed by atoms with Gasteiger partial charge < -0.3 is 14.6 Å². The first-order valence-electron chi connectivity index (χ1n) is 13.4. The molecule has 1 atom stereocenters. The van der Waals surface area contributed by atoms with E-state index in [4.69, 9.17) is 19.6 Å². The summed E-state index contributed by atoms with van der Waals surface area (Å²) in [6.45, 7) is 9.97. The fraction of sp³-hybridized carbons (Fsp3) is 0.484. The molecule has 1 unspecified atom stereocenters. The second kappa shape index (κ2) is 12.1. The first kappa shape index (κ1) is 27.2. The van der Waals surface area contributed by atoms with E-state index in [1.54, 1.807) is 11.3 Å². The monoisotopic (exact) mass is 521 g/mol. The number of rotatable bonds is 12. The van der Waals surface area contributed by atoms with Crippen molar-refractivity contribution in [3.05, 3.63) is 64.2 Å². The molecule has 1 aliphatic rings. The van der Waals surface area contributed by atoms with Gasteiger partial charge >= 0.3 is 5.97 Å². The van der Waals surface area contributed by atoms with Crippen LogP contribution in [-0.4, -0.2) is 29.3 Å². The molecule has 1 heterocycles. The third kappa shape index (κ3) is 7.13. The number of nitrogens with zero attached hydrogens (tertiary/aromatic N) is 1. The molecule has 5 nitrogen and oxygen atoms in total. The molecule has 0 amide bonds. The van der Waals surface area contributed by atoms with Crippen LogP contribution in [0.3, 0.4) is 0 Å². The summed E-state index contributed by atoms with van der Waals surface area (Å²) in [4.78, 5) is 15.8. The molecule has 0 fully saturated rings. The van der Waals surface area contributed by atoms with Crippen LogP contribution in [0.4, 0.5) is 0 Å². The van der Waals surface area contributed by atoms with Gasteiger partial charge in [-0.1, -0.05) is 40.2 Å². The van der Waals surface area contributed by atoms with Gasteiger partial charge in [-0.05, 0) is 78.6 Å². The SMILES string of the molecule is CCCc1cc(-c2nc(C(C)(C)C)cs2)ccc1OCCCOc1ccc2c(c1)CCC2CCC(=O)O. The van der Waals surface area contributed by atoms with Gasteiger partial charge in [0.25, 0.3) is 0 Å². The molecule has 1 aliphatic carbocycles. The third-order valence-corrected chi connectivity index (χ3v) is 7.83. The van der Waals surface area contributed by atoms with E-state index in [-0.39, 0.29) is 11.8 Å². The number of hydrogen-bond donors (Lipinski definition) is 1. The summed E-state index contributed by atoms with van der Waals surface area (Å²) in [5, 5.41) is 12.2. The van der Waals surface area contributed by atoms with Crippen molar-refractivity contribution in [3.8, 4) is 22.1 Å². The van der Waals surface area contributed by atoms with Crippen LogP contribution in [0.2, 0.25) is 0 Å². The molecule has 198 valence electrons. The predicted molar refractivity (Wildman–Crippen MR) is 150 cm³/mol. The maximum atomic E-state index is 10.9. The Kier molecular flexibility index (Phi) is 8.91. The Hall–Kier alpha value is -2.86. The Bertz CT molecular complexity index is 1210. The topological polar surface area (TPSA) is 68.7 Å². The number of aryl methyl sites for hydroxylation is 2. The fourth-order valence-corrected chi connectivity index (χ4v) is 5.91. The zero-order chi connectivity index (χ0) is 26.4. The van der Waals surface area contributed by atoms with Gasteiger partial charge in [-0.25, -0.2) is 4.98 Å². The van der Waals surface area contributed by atoms with Crippen molar-refractivity contribution in [3.63, 3.8) is 0 Å². The number of aromatic nitrogens is 1. The number of carboxylic acid groups (broad SMARTS) is 1. The summed E-state index contributed by atoms with van der Waals surface area (Å²) in [7, 11) is 0. The van der Waals surface area contributed by atoms with Gasteiger partial charge in [-0.2, -0.15) is 0 Å². The molecule has 0 saturated carbocycles. The van der Waals surface area contributed by atoms with Crippen molar-refractivity contribution >= 4 is 17.3 Å². The number of carbonyl (C=O) groups is 1. The predicted octanol–water partition coefficient (Wildman–Crippen LogP) is 7.80. The largest absolute Gasteiger partial charge is 0.493 e. The van der Waals surface area contributed by atoms with Gasteiger partial charge in [-0.3, -0.25) is 4.79 Å². The van der Waals surface area contributed by atoms with Crippen molar-refractivity contribution in [1.29, 1.82) is 0 Å². The van der Waals surface area contributed by atoms with Crippen LogP contribution in [0.5, 0.6) is 11.5 Å². The summed E-state index contributed by atoms with van der Waals surface area (Å²) in [6.07, 6.45) is 5.79. The molecule has 0 bridgehead atoms. The van der Waals surface area contributed by atoms with Crippen molar-refractivity contribution in [2.45, 2.75) is 84.0 Å². The zero-order valence-corrected chi connectivity index (χ0v) is 23.3. The van der Waals surface area contributed by atoms with E-state index in [0.717, 1.165) is 59.9 Å². The molecule has 6 heteroatoms. The standard InChI is InChI=1S/C31H39NO4S/c1-5-7-23-18-24(30-32-28(20-37-30)31(2,3)4)10-14-27(23)36-17-6-16-35-25-12-13-26-21(11-15-29(33)34)8-9-22(26)19-25/h10,12-14,18-21H,5-9,11,15-17H2,1-4H3,(H,33,34). The lowest BCUT2D eigenvalue weighted by molar-refractivity contribution is -0.137. The summed E-state index contributed by atoms with van der Waals surface area (Å²) >= 11 is 1.70. The Labute approximate surface area is 224 Å². The fourth-order valence-electron chi connectivity index (χ4n) is 4.87. The lowest BCUT2D eigenvalue weighted by Crippen LogP contribution is -2.11. The van der Waals surface area contributed by atoms with Crippen LogP contribution in [0.15, 0.2) is 41.8 Å². The average Bonchev–Trinajstić information content (AvgIpc) is 3.51. The Morgan fingerprint density at radius 3 is 2.68 bits per heavy atom. The second-order valence-corrected chi connectivity index (χ2v) is 11.8. The maximum Gasteiger partial charge on any atom is 0.303 e. The van der Waals surface area contributed by atoms with E-state index in [9.17, 15) is 4.79 Å². The van der Waals surface area contributed by atoms with Gasteiger partial charge in [-0.15, -0.1) is 11.3 Å². The minimum atomic E-state index is -0.720. The average molecular weight is 522 g/mol. The first-order chi connectivity index (χ1) is 17.7. The van der Waals surface area contributed by atoms with E-state index < -0.39 is 5.97 Å².